The molecule has 5 nitrogen and oxygen atoms in total. The molecule has 138 valence electrons. The van der Waals surface area contributed by atoms with Crippen LogP contribution in [0.2, 0.25) is 0 Å². The second-order valence-corrected chi connectivity index (χ2v) is 6.71. The van der Waals surface area contributed by atoms with E-state index < -0.39 is 0 Å². The lowest BCUT2D eigenvalue weighted by Gasteiger charge is -2.35. The van der Waals surface area contributed by atoms with Crippen molar-refractivity contribution in [3.63, 3.8) is 0 Å². The summed E-state index contributed by atoms with van der Waals surface area (Å²) in [6.45, 7) is 3.97. The minimum Gasteiger partial charge on any atom is -0.377 e. The van der Waals surface area contributed by atoms with Crippen molar-refractivity contribution in [3.05, 3.63) is 72.7 Å². The summed E-state index contributed by atoms with van der Waals surface area (Å²) in [5.41, 5.74) is 3.66. The molecule has 1 aliphatic rings. The third-order valence-electron chi connectivity index (χ3n) is 5.02. The number of para-hydroxylation sites is 1. The Morgan fingerprint density at radius 3 is 2.67 bits per heavy atom. The van der Waals surface area contributed by atoms with Crippen LogP contribution >= 0.6 is 0 Å². The van der Waals surface area contributed by atoms with Crippen molar-refractivity contribution in [2.75, 3.05) is 19.8 Å². The molecular weight excluding hydrogens is 338 g/mol. The number of ether oxygens (including phenoxy) is 1. The van der Waals surface area contributed by atoms with E-state index in [1.807, 2.05) is 76.6 Å². The highest BCUT2D eigenvalue weighted by Crippen LogP contribution is 2.21. The van der Waals surface area contributed by atoms with Crippen LogP contribution in [0.25, 0.3) is 16.9 Å². The van der Waals surface area contributed by atoms with E-state index in [0.717, 1.165) is 23.4 Å². The molecule has 3 aromatic rings. The molecule has 1 aromatic heterocycles. The lowest BCUT2D eigenvalue weighted by molar-refractivity contribution is -0.00279. The fraction of sp³-hybridized carbons (Fsp3) is 0.273. The molecule has 4 rings (SSSR count). The number of rotatable bonds is 4. The van der Waals surface area contributed by atoms with E-state index in [9.17, 15) is 4.79 Å². The summed E-state index contributed by atoms with van der Waals surface area (Å²) in [7, 11) is 0. The molecule has 27 heavy (non-hydrogen) atoms. The smallest absolute Gasteiger partial charge is 0.254 e. The number of amides is 1. The average Bonchev–Trinajstić information content (AvgIpc) is 3.24. The Morgan fingerprint density at radius 2 is 1.93 bits per heavy atom. The molecule has 1 atom stereocenters. The molecule has 2 aromatic carbocycles. The molecule has 1 aliphatic heterocycles. The molecule has 0 radical (unpaired) electrons. The SMILES string of the molecule is CCC1COCCN1C(=O)c1ccc(-c2cn(-c3ccccc3)cn2)cc1. The number of hydrogen-bond donors (Lipinski definition) is 0. The van der Waals surface area contributed by atoms with Gasteiger partial charge in [-0.1, -0.05) is 37.3 Å². The Kier molecular flexibility index (Phi) is 5.03. The van der Waals surface area contributed by atoms with Gasteiger partial charge in [-0.25, -0.2) is 4.98 Å². The maximum atomic E-state index is 12.9. The van der Waals surface area contributed by atoms with Gasteiger partial charge in [0.25, 0.3) is 5.91 Å². The molecule has 0 aliphatic carbocycles. The minimum absolute atomic E-state index is 0.0755. The van der Waals surface area contributed by atoms with Gasteiger partial charge < -0.3 is 14.2 Å². The fourth-order valence-electron chi connectivity index (χ4n) is 3.42. The molecule has 1 amide bonds. The van der Waals surface area contributed by atoms with Gasteiger partial charge in [0, 0.05) is 29.6 Å². The first-order chi connectivity index (χ1) is 13.3. The van der Waals surface area contributed by atoms with E-state index in [-0.39, 0.29) is 11.9 Å². The van der Waals surface area contributed by atoms with Gasteiger partial charge in [-0.15, -0.1) is 0 Å². The van der Waals surface area contributed by atoms with E-state index in [0.29, 0.717) is 25.3 Å². The number of aromatic nitrogens is 2. The quantitative estimate of drug-likeness (QED) is 0.710. The molecule has 0 spiro atoms. The van der Waals surface area contributed by atoms with Crippen LogP contribution in [0.4, 0.5) is 0 Å². The highest BCUT2D eigenvalue weighted by Gasteiger charge is 2.26. The second-order valence-electron chi connectivity index (χ2n) is 6.71. The van der Waals surface area contributed by atoms with Gasteiger partial charge in [-0.2, -0.15) is 0 Å². The third-order valence-corrected chi connectivity index (χ3v) is 5.02. The molecule has 1 fully saturated rings. The van der Waals surface area contributed by atoms with Gasteiger partial charge in [-0.05, 0) is 30.7 Å². The van der Waals surface area contributed by atoms with E-state index >= 15 is 0 Å². The van der Waals surface area contributed by atoms with Gasteiger partial charge in [0.2, 0.25) is 0 Å². The second kappa shape index (κ2) is 7.76. The monoisotopic (exact) mass is 361 g/mol. The highest BCUT2D eigenvalue weighted by atomic mass is 16.5. The van der Waals surface area contributed by atoms with Crippen LogP contribution in [-0.4, -0.2) is 46.2 Å². The third kappa shape index (κ3) is 3.64. The number of morpholine rings is 1. The summed E-state index contributed by atoms with van der Waals surface area (Å²) in [4.78, 5) is 19.3. The van der Waals surface area contributed by atoms with E-state index in [1.165, 1.54) is 0 Å². The highest BCUT2D eigenvalue weighted by molar-refractivity contribution is 5.95. The number of carbonyl (C=O) groups excluding carboxylic acids is 1. The molecular formula is C22H23N3O2. The van der Waals surface area contributed by atoms with Crippen molar-refractivity contribution in [1.82, 2.24) is 14.5 Å². The zero-order valence-electron chi connectivity index (χ0n) is 15.4. The summed E-state index contributed by atoms with van der Waals surface area (Å²) in [6.07, 6.45) is 4.71. The number of nitrogens with zero attached hydrogens (tertiary/aromatic N) is 3. The Morgan fingerprint density at radius 1 is 1.15 bits per heavy atom. The van der Waals surface area contributed by atoms with Crippen molar-refractivity contribution < 1.29 is 9.53 Å². The standard InChI is InChI=1S/C22H23N3O2/c1-2-19-15-27-13-12-25(19)22(26)18-10-8-17(9-11-18)21-14-24(16-23-21)20-6-4-3-5-7-20/h3-11,14,16,19H,2,12-13,15H2,1H3. The molecule has 1 unspecified atom stereocenters. The van der Waals surface area contributed by atoms with Gasteiger partial charge in [-0.3, -0.25) is 4.79 Å². The zero-order chi connectivity index (χ0) is 18.6. The predicted octanol–water partition coefficient (Wildman–Crippen LogP) is 3.79. The summed E-state index contributed by atoms with van der Waals surface area (Å²) in [5.74, 6) is 0.0755. The Hall–Kier alpha value is -2.92. The largest absolute Gasteiger partial charge is 0.377 e. The number of imidazole rings is 1. The van der Waals surface area contributed by atoms with Crippen molar-refractivity contribution in [3.8, 4) is 16.9 Å². The van der Waals surface area contributed by atoms with Crippen molar-refractivity contribution in [2.45, 2.75) is 19.4 Å². The van der Waals surface area contributed by atoms with Gasteiger partial charge >= 0.3 is 0 Å². The Bertz CT molecular complexity index is 903. The summed E-state index contributed by atoms with van der Waals surface area (Å²) in [5, 5.41) is 0. The molecule has 0 bridgehead atoms. The van der Waals surface area contributed by atoms with Gasteiger partial charge in [0.15, 0.2) is 0 Å². The first-order valence-corrected chi connectivity index (χ1v) is 9.35. The maximum Gasteiger partial charge on any atom is 0.254 e. The van der Waals surface area contributed by atoms with Crippen LogP contribution in [0.1, 0.15) is 23.7 Å². The van der Waals surface area contributed by atoms with Crippen LogP contribution in [0.3, 0.4) is 0 Å². The number of hydrogen-bond acceptors (Lipinski definition) is 3. The van der Waals surface area contributed by atoms with Gasteiger partial charge in [0.05, 0.1) is 31.3 Å². The number of benzene rings is 2. The summed E-state index contributed by atoms with van der Waals surface area (Å²) < 4.78 is 7.49. The topological polar surface area (TPSA) is 47.4 Å². The lowest BCUT2D eigenvalue weighted by Crippen LogP contribution is -2.48. The summed E-state index contributed by atoms with van der Waals surface area (Å²) in [6, 6.07) is 18.0. The zero-order valence-corrected chi connectivity index (χ0v) is 15.4. The van der Waals surface area contributed by atoms with Crippen molar-refractivity contribution in [1.29, 1.82) is 0 Å². The first-order valence-electron chi connectivity index (χ1n) is 9.35. The van der Waals surface area contributed by atoms with Crippen LogP contribution < -0.4 is 0 Å². The first kappa shape index (κ1) is 17.5. The van der Waals surface area contributed by atoms with Crippen LogP contribution in [0, 0.1) is 0 Å². The fourth-order valence-corrected chi connectivity index (χ4v) is 3.42. The van der Waals surface area contributed by atoms with Crippen LogP contribution in [0.15, 0.2) is 67.1 Å². The molecule has 0 saturated carbocycles. The summed E-state index contributed by atoms with van der Waals surface area (Å²) >= 11 is 0. The number of carbonyl (C=O) groups is 1. The van der Waals surface area contributed by atoms with Gasteiger partial charge in [0.1, 0.15) is 0 Å². The normalized spacial score (nSPS) is 17.1. The molecule has 0 N–H and O–H groups in total. The molecule has 1 saturated heterocycles. The lowest BCUT2D eigenvalue weighted by atomic mass is 10.1. The predicted molar refractivity (Wildman–Crippen MR) is 105 cm³/mol. The Balaban J connectivity index is 1.52. The molecule has 5 heteroatoms. The van der Waals surface area contributed by atoms with E-state index in [2.05, 4.69) is 11.9 Å². The van der Waals surface area contributed by atoms with E-state index in [4.69, 9.17) is 4.74 Å². The minimum atomic E-state index is 0.0755. The van der Waals surface area contributed by atoms with Crippen molar-refractivity contribution in [2.24, 2.45) is 0 Å². The van der Waals surface area contributed by atoms with E-state index in [1.54, 1.807) is 0 Å². The molecule has 2 heterocycles. The van der Waals surface area contributed by atoms with Crippen LogP contribution in [0.5, 0.6) is 0 Å². The van der Waals surface area contributed by atoms with Crippen LogP contribution in [-0.2, 0) is 4.74 Å². The van der Waals surface area contributed by atoms with Crippen molar-refractivity contribution >= 4 is 5.91 Å². The Labute approximate surface area is 159 Å². The average molecular weight is 361 g/mol. The maximum absolute atomic E-state index is 12.9.